The number of halogens is 1. The monoisotopic (exact) mass is 599 g/mol. The van der Waals surface area contributed by atoms with Gasteiger partial charge in [0, 0.05) is 17.6 Å². The number of amides is 2. The van der Waals surface area contributed by atoms with Gasteiger partial charge in [0.05, 0.1) is 17.7 Å². The van der Waals surface area contributed by atoms with Crippen LogP contribution in [0.5, 0.6) is 5.75 Å². The van der Waals surface area contributed by atoms with E-state index in [0.717, 1.165) is 16.3 Å². The maximum atomic E-state index is 14.1. The van der Waals surface area contributed by atoms with Gasteiger partial charge in [-0.15, -0.1) is 0 Å². The molecule has 0 saturated carbocycles. The van der Waals surface area contributed by atoms with E-state index in [4.69, 9.17) is 16.3 Å². The zero-order chi connectivity index (χ0) is 30.0. The third-order valence-corrected chi connectivity index (χ3v) is 8.92. The number of sulfonamides is 1. The normalized spacial score (nSPS) is 12.7. The van der Waals surface area contributed by atoms with Gasteiger partial charge in [0.1, 0.15) is 18.3 Å². The van der Waals surface area contributed by atoms with Gasteiger partial charge in [0.15, 0.2) is 0 Å². The van der Waals surface area contributed by atoms with Crippen LogP contribution in [0.25, 0.3) is 0 Å². The topological polar surface area (TPSA) is 96.0 Å². The van der Waals surface area contributed by atoms with Crippen molar-refractivity contribution in [2.24, 2.45) is 0 Å². The van der Waals surface area contributed by atoms with Crippen molar-refractivity contribution in [3.63, 3.8) is 0 Å². The minimum Gasteiger partial charge on any atom is -0.497 e. The van der Waals surface area contributed by atoms with Crippen LogP contribution in [0, 0.1) is 0 Å². The molecule has 0 aliphatic heterocycles. The lowest BCUT2D eigenvalue weighted by molar-refractivity contribution is -0.139. The van der Waals surface area contributed by atoms with E-state index in [1.54, 1.807) is 30.3 Å². The van der Waals surface area contributed by atoms with Gasteiger partial charge >= 0.3 is 0 Å². The highest BCUT2D eigenvalue weighted by Gasteiger charge is 2.33. The molecule has 2 amide bonds. The van der Waals surface area contributed by atoms with Crippen molar-refractivity contribution >= 4 is 39.1 Å². The van der Waals surface area contributed by atoms with Gasteiger partial charge in [0.2, 0.25) is 11.8 Å². The van der Waals surface area contributed by atoms with Crippen molar-refractivity contribution in [2.45, 2.75) is 57.0 Å². The summed E-state index contributed by atoms with van der Waals surface area (Å²) < 4.78 is 34.1. The van der Waals surface area contributed by atoms with E-state index in [1.165, 1.54) is 30.2 Å². The van der Waals surface area contributed by atoms with Gasteiger partial charge in [0.25, 0.3) is 10.0 Å². The minimum atomic E-state index is -4.20. The van der Waals surface area contributed by atoms with Gasteiger partial charge in [-0.3, -0.25) is 13.9 Å². The average molecular weight is 600 g/mol. The van der Waals surface area contributed by atoms with Crippen molar-refractivity contribution in [3.8, 4) is 5.75 Å². The molecule has 0 unspecified atom stereocenters. The first-order valence-corrected chi connectivity index (χ1v) is 15.5. The summed E-state index contributed by atoms with van der Waals surface area (Å²) in [6, 6.07) is 21.1. The number of carbonyl (C=O) groups excluding carboxylic acids is 2. The summed E-state index contributed by atoms with van der Waals surface area (Å²) in [7, 11) is -2.70. The van der Waals surface area contributed by atoms with Crippen LogP contribution in [0.2, 0.25) is 5.02 Å². The predicted octanol–water partition coefficient (Wildman–Crippen LogP) is 5.31. The van der Waals surface area contributed by atoms with Gasteiger partial charge in [-0.2, -0.15) is 0 Å². The fourth-order valence-electron chi connectivity index (χ4n) is 4.37. The average Bonchev–Trinajstić information content (AvgIpc) is 2.98. The highest BCUT2D eigenvalue weighted by Crippen LogP contribution is 2.27. The molecule has 1 N–H and O–H groups in total. The summed E-state index contributed by atoms with van der Waals surface area (Å²) in [5.41, 5.74) is 1.24. The molecule has 0 fully saturated rings. The van der Waals surface area contributed by atoms with Crippen LogP contribution in [-0.2, 0) is 26.0 Å². The minimum absolute atomic E-state index is 0.0107. The van der Waals surface area contributed by atoms with Gasteiger partial charge in [-0.1, -0.05) is 61.8 Å². The number of nitrogens with one attached hydrogen (secondary N) is 1. The lowest BCUT2D eigenvalue weighted by atomic mass is 10.1. The SMILES string of the molecule is CC[C@H](C(=O)N[C@@H](C)CC)N(CCc1ccccc1)C(=O)CN(c1cccc(Cl)c1)S(=O)(=O)c1ccc(OC)cc1. The maximum absolute atomic E-state index is 14.1. The standard InChI is InChI=1S/C31H38ClN3O5S/c1-5-23(3)33-31(37)29(6-2)34(20-19-24-11-8-7-9-12-24)30(36)22-35(26-14-10-13-25(32)21-26)41(38,39)28-17-15-27(40-4)16-18-28/h7-18,21,23,29H,5-6,19-20,22H2,1-4H3,(H,33,37)/t23-,29+/m0/s1. The zero-order valence-electron chi connectivity index (χ0n) is 23.9. The van der Waals surface area contributed by atoms with Crippen molar-refractivity contribution < 1.29 is 22.7 Å². The Balaban J connectivity index is 2.01. The molecule has 2 atom stereocenters. The molecule has 3 aromatic rings. The summed E-state index contributed by atoms with van der Waals surface area (Å²) in [4.78, 5) is 28.9. The van der Waals surface area contributed by atoms with Gasteiger partial charge in [-0.25, -0.2) is 8.42 Å². The van der Waals surface area contributed by atoms with E-state index in [-0.39, 0.29) is 29.1 Å². The number of carbonyl (C=O) groups is 2. The Labute approximate surface area is 248 Å². The van der Waals surface area contributed by atoms with Crippen molar-refractivity contribution in [1.82, 2.24) is 10.2 Å². The number of benzene rings is 3. The van der Waals surface area contributed by atoms with Crippen LogP contribution in [0.3, 0.4) is 0 Å². The summed E-state index contributed by atoms with van der Waals surface area (Å²) in [6.45, 7) is 5.44. The number of anilines is 1. The molecule has 0 bridgehead atoms. The zero-order valence-corrected chi connectivity index (χ0v) is 25.5. The quantitative estimate of drug-likeness (QED) is 0.271. The fourth-order valence-corrected chi connectivity index (χ4v) is 5.96. The Hall–Kier alpha value is -3.56. The molecule has 3 aromatic carbocycles. The Bertz CT molecular complexity index is 1400. The molecule has 0 heterocycles. The lowest BCUT2D eigenvalue weighted by Crippen LogP contribution is -2.54. The molecule has 0 aliphatic carbocycles. The second-order valence-corrected chi connectivity index (χ2v) is 12.0. The van der Waals surface area contributed by atoms with Gasteiger partial charge < -0.3 is 15.0 Å². The van der Waals surface area contributed by atoms with E-state index in [1.807, 2.05) is 51.1 Å². The van der Waals surface area contributed by atoms with Crippen LogP contribution in [0.1, 0.15) is 39.2 Å². The number of rotatable bonds is 14. The Kier molecular flexibility index (Phi) is 11.6. The predicted molar refractivity (Wildman–Crippen MR) is 163 cm³/mol. The molecule has 41 heavy (non-hydrogen) atoms. The van der Waals surface area contributed by atoms with E-state index in [9.17, 15) is 18.0 Å². The molecule has 3 rings (SSSR count). The van der Waals surface area contributed by atoms with Crippen LogP contribution < -0.4 is 14.4 Å². The largest absolute Gasteiger partial charge is 0.497 e. The van der Waals surface area contributed by atoms with Gasteiger partial charge in [-0.05, 0) is 74.2 Å². The lowest BCUT2D eigenvalue weighted by Gasteiger charge is -2.33. The van der Waals surface area contributed by atoms with E-state index < -0.39 is 28.5 Å². The first-order chi connectivity index (χ1) is 19.6. The molecule has 10 heteroatoms. The van der Waals surface area contributed by atoms with Crippen molar-refractivity contribution in [1.29, 1.82) is 0 Å². The van der Waals surface area contributed by atoms with Crippen molar-refractivity contribution in [2.75, 3.05) is 24.5 Å². The van der Waals surface area contributed by atoms with E-state index in [2.05, 4.69) is 5.32 Å². The number of ether oxygens (including phenoxy) is 1. The summed E-state index contributed by atoms with van der Waals surface area (Å²) in [5, 5.41) is 3.30. The number of methoxy groups -OCH3 is 1. The molecular formula is C31H38ClN3O5S. The van der Waals surface area contributed by atoms with Crippen LogP contribution in [0.4, 0.5) is 5.69 Å². The molecule has 0 aliphatic rings. The van der Waals surface area contributed by atoms with E-state index >= 15 is 0 Å². The molecule has 0 saturated heterocycles. The second kappa shape index (κ2) is 14.9. The second-order valence-electron chi connectivity index (χ2n) is 9.73. The number of hydrogen-bond acceptors (Lipinski definition) is 5. The Morgan fingerprint density at radius 2 is 1.63 bits per heavy atom. The van der Waals surface area contributed by atoms with E-state index in [0.29, 0.717) is 23.6 Å². The maximum Gasteiger partial charge on any atom is 0.264 e. The first kappa shape index (κ1) is 32.0. The van der Waals surface area contributed by atoms with Crippen LogP contribution in [0.15, 0.2) is 83.8 Å². The first-order valence-electron chi connectivity index (χ1n) is 13.7. The number of hydrogen-bond donors (Lipinski definition) is 1. The van der Waals surface area contributed by atoms with Crippen molar-refractivity contribution in [3.05, 3.63) is 89.4 Å². The third kappa shape index (κ3) is 8.47. The molecule has 8 nitrogen and oxygen atoms in total. The highest BCUT2D eigenvalue weighted by atomic mass is 35.5. The molecule has 0 radical (unpaired) electrons. The molecule has 0 aromatic heterocycles. The van der Waals surface area contributed by atoms with Crippen LogP contribution in [-0.4, -0.2) is 57.4 Å². The third-order valence-electron chi connectivity index (χ3n) is 6.89. The Morgan fingerprint density at radius 3 is 2.22 bits per heavy atom. The molecular weight excluding hydrogens is 562 g/mol. The molecule has 220 valence electrons. The molecule has 0 spiro atoms. The van der Waals surface area contributed by atoms with Crippen LogP contribution >= 0.6 is 11.6 Å². The number of nitrogens with zero attached hydrogens (tertiary/aromatic N) is 2. The Morgan fingerprint density at radius 1 is 0.951 bits per heavy atom. The fraction of sp³-hybridized carbons (Fsp3) is 0.355. The highest BCUT2D eigenvalue weighted by molar-refractivity contribution is 7.92. The summed E-state index contributed by atoms with van der Waals surface area (Å²) in [6.07, 6.45) is 1.61. The smallest absolute Gasteiger partial charge is 0.264 e. The summed E-state index contributed by atoms with van der Waals surface area (Å²) in [5.74, 6) is -0.265. The summed E-state index contributed by atoms with van der Waals surface area (Å²) >= 11 is 6.23.